The van der Waals surface area contributed by atoms with Crippen LogP contribution in [0.5, 0.6) is 0 Å². The lowest BCUT2D eigenvalue weighted by Gasteiger charge is -2.07. The molecule has 66 valence electrons. The van der Waals surface area contributed by atoms with Crippen molar-refractivity contribution in [1.29, 1.82) is 0 Å². The quantitative estimate of drug-likeness (QED) is 0.445. The molecule has 0 amide bonds. The molecule has 0 bridgehead atoms. The highest BCUT2D eigenvalue weighted by Gasteiger charge is 2.27. The molecular weight excluding hydrogens is 160 g/mol. The molecule has 4 nitrogen and oxygen atoms in total. The molecule has 1 fully saturated rings. The van der Waals surface area contributed by atoms with Crippen molar-refractivity contribution in [3.05, 3.63) is 12.2 Å². The average molecular weight is 170 g/mol. The SMILES string of the molecule is C=C1C[C@@H](COC(C)=O)OC1=O. The van der Waals surface area contributed by atoms with E-state index in [0.29, 0.717) is 12.0 Å². The van der Waals surface area contributed by atoms with E-state index in [2.05, 4.69) is 11.3 Å². The molecule has 1 rings (SSSR count). The first-order valence-electron chi connectivity index (χ1n) is 3.61. The van der Waals surface area contributed by atoms with Crippen LogP contribution < -0.4 is 0 Å². The topological polar surface area (TPSA) is 52.6 Å². The minimum atomic E-state index is -0.396. The number of esters is 2. The van der Waals surface area contributed by atoms with Crippen LogP contribution in [-0.4, -0.2) is 24.6 Å². The van der Waals surface area contributed by atoms with Gasteiger partial charge >= 0.3 is 11.9 Å². The van der Waals surface area contributed by atoms with Crippen LogP contribution in [0.2, 0.25) is 0 Å². The Morgan fingerprint density at radius 1 is 1.83 bits per heavy atom. The van der Waals surface area contributed by atoms with Crippen LogP contribution in [0.3, 0.4) is 0 Å². The van der Waals surface area contributed by atoms with Crippen molar-refractivity contribution in [2.24, 2.45) is 0 Å². The number of cyclic esters (lactones) is 1. The van der Waals surface area contributed by atoms with Crippen molar-refractivity contribution < 1.29 is 19.1 Å². The van der Waals surface area contributed by atoms with Gasteiger partial charge in [0.25, 0.3) is 0 Å². The summed E-state index contributed by atoms with van der Waals surface area (Å²) in [6.07, 6.45) is 0.112. The van der Waals surface area contributed by atoms with Crippen LogP contribution in [0.1, 0.15) is 13.3 Å². The second kappa shape index (κ2) is 3.38. The summed E-state index contributed by atoms with van der Waals surface area (Å²) in [4.78, 5) is 21.1. The lowest BCUT2D eigenvalue weighted by molar-refractivity contribution is -0.150. The molecule has 1 saturated heterocycles. The van der Waals surface area contributed by atoms with Crippen molar-refractivity contribution in [1.82, 2.24) is 0 Å². The number of hydrogen-bond donors (Lipinski definition) is 0. The molecule has 0 unspecified atom stereocenters. The largest absolute Gasteiger partial charge is 0.462 e. The Morgan fingerprint density at radius 3 is 2.92 bits per heavy atom. The summed E-state index contributed by atoms with van der Waals surface area (Å²) in [5, 5.41) is 0. The molecule has 1 atom stereocenters. The molecule has 4 heteroatoms. The van der Waals surface area contributed by atoms with Gasteiger partial charge in [-0.05, 0) is 0 Å². The maximum absolute atomic E-state index is 10.8. The zero-order chi connectivity index (χ0) is 9.14. The van der Waals surface area contributed by atoms with E-state index in [9.17, 15) is 9.59 Å². The van der Waals surface area contributed by atoms with Gasteiger partial charge in [0.1, 0.15) is 12.7 Å². The number of ether oxygens (including phenoxy) is 2. The van der Waals surface area contributed by atoms with Crippen LogP contribution in [0.25, 0.3) is 0 Å². The van der Waals surface area contributed by atoms with Crippen molar-refractivity contribution in [2.45, 2.75) is 19.4 Å². The zero-order valence-electron chi connectivity index (χ0n) is 6.83. The molecule has 1 heterocycles. The predicted octanol–water partition coefficient (Wildman–Crippen LogP) is 0.421. The van der Waals surface area contributed by atoms with E-state index < -0.39 is 5.97 Å². The minimum Gasteiger partial charge on any atom is -0.462 e. The third-order valence-electron chi connectivity index (χ3n) is 1.51. The molecule has 0 aromatic rings. The third-order valence-corrected chi connectivity index (χ3v) is 1.51. The Morgan fingerprint density at radius 2 is 2.50 bits per heavy atom. The summed E-state index contributed by atoms with van der Waals surface area (Å²) in [5.74, 6) is -0.768. The number of carbonyl (C=O) groups excluding carboxylic acids is 2. The van der Waals surface area contributed by atoms with Gasteiger partial charge in [-0.3, -0.25) is 4.79 Å². The fourth-order valence-electron chi connectivity index (χ4n) is 0.938. The third kappa shape index (κ3) is 2.08. The maximum Gasteiger partial charge on any atom is 0.333 e. The Kier molecular flexibility index (Phi) is 2.47. The van der Waals surface area contributed by atoms with E-state index in [1.54, 1.807) is 0 Å². The van der Waals surface area contributed by atoms with Gasteiger partial charge in [-0.1, -0.05) is 6.58 Å². The number of hydrogen-bond acceptors (Lipinski definition) is 4. The summed E-state index contributed by atoms with van der Waals surface area (Å²) in [6.45, 7) is 4.93. The highest BCUT2D eigenvalue weighted by atomic mass is 16.6. The number of rotatable bonds is 2. The summed E-state index contributed by atoms with van der Waals surface area (Å²) in [6, 6.07) is 0. The Hall–Kier alpha value is -1.32. The van der Waals surface area contributed by atoms with E-state index in [-0.39, 0.29) is 18.7 Å². The molecule has 0 spiro atoms. The normalized spacial score (nSPS) is 22.2. The Labute approximate surface area is 70.1 Å². The van der Waals surface area contributed by atoms with Crippen LogP contribution in [0.15, 0.2) is 12.2 Å². The zero-order valence-corrected chi connectivity index (χ0v) is 6.83. The van der Waals surface area contributed by atoms with Crippen molar-refractivity contribution in [3.63, 3.8) is 0 Å². The van der Waals surface area contributed by atoms with Gasteiger partial charge in [-0.25, -0.2) is 4.79 Å². The Balaban J connectivity index is 2.33. The molecular formula is C8H10O4. The predicted molar refractivity (Wildman–Crippen MR) is 40.3 cm³/mol. The standard InChI is InChI=1S/C8H10O4/c1-5-3-7(12-8(5)10)4-11-6(2)9/h7H,1,3-4H2,2H3/t7-/m0/s1. The van der Waals surface area contributed by atoms with Gasteiger partial charge < -0.3 is 9.47 Å². The first-order chi connectivity index (χ1) is 5.59. The molecule has 0 aromatic heterocycles. The van der Waals surface area contributed by atoms with Crippen LogP contribution in [0, 0.1) is 0 Å². The second-order valence-corrected chi connectivity index (χ2v) is 2.64. The van der Waals surface area contributed by atoms with Gasteiger partial charge in [0.15, 0.2) is 0 Å². The number of carbonyl (C=O) groups is 2. The highest BCUT2D eigenvalue weighted by Crippen LogP contribution is 2.18. The molecule has 1 aliphatic heterocycles. The smallest absolute Gasteiger partial charge is 0.333 e. The van der Waals surface area contributed by atoms with Gasteiger partial charge in [0.2, 0.25) is 0 Å². The van der Waals surface area contributed by atoms with Crippen LogP contribution in [-0.2, 0) is 19.1 Å². The molecule has 0 aliphatic carbocycles. The lowest BCUT2D eigenvalue weighted by Crippen LogP contribution is -2.16. The molecule has 12 heavy (non-hydrogen) atoms. The summed E-state index contributed by atoms with van der Waals surface area (Å²) in [7, 11) is 0. The Bertz CT molecular complexity index is 215. The van der Waals surface area contributed by atoms with Crippen molar-refractivity contribution in [2.75, 3.05) is 6.61 Å². The summed E-state index contributed by atoms with van der Waals surface area (Å²) in [5.41, 5.74) is 0.437. The molecule has 0 radical (unpaired) electrons. The van der Waals surface area contributed by atoms with E-state index in [0.717, 1.165) is 0 Å². The van der Waals surface area contributed by atoms with Crippen molar-refractivity contribution in [3.8, 4) is 0 Å². The minimum absolute atomic E-state index is 0.125. The first kappa shape index (κ1) is 8.77. The highest BCUT2D eigenvalue weighted by molar-refractivity contribution is 5.89. The van der Waals surface area contributed by atoms with Gasteiger partial charge in [-0.15, -0.1) is 0 Å². The van der Waals surface area contributed by atoms with Crippen molar-refractivity contribution >= 4 is 11.9 Å². The summed E-state index contributed by atoms with van der Waals surface area (Å²) < 4.78 is 9.47. The van der Waals surface area contributed by atoms with E-state index in [1.165, 1.54) is 6.92 Å². The van der Waals surface area contributed by atoms with Gasteiger partial charge in [0, 0.05) is 18.9 Å². The average Bonchev–Trinajstić information content (AvgIpc) is 2.28. The molecule has 0 aromatic carbocycles. The van der Waals surface area contributed by atoms with E-state index >= 15 is 0 Å². The second-order valence-electron chi connectivity index (χ2n) is 2.64. The first-order valence-corrected chi connectivity index (χ1v) is 3.61. The lowest BCUT2D eigenvalue weighted by atomic mass is 10.2. The monoisotopic (exact) mass is 170 g/mol. The maximum atomic E-state index is 10.8. The van der Waals surface area contributed by atoms with Crippen LogP contribution in [0.4, 0.5) is 0 Å². The fourth-order valence-corrected chi connectivity index (χ4v) is 0.938. The molecule has 1 aliphatic rings. The van der Waals surface area contributed by atoms with E-state index in [4.69, 9.17) is 4.74 Å². The van der Waals surface area contributed by atoms with E-state index in [1.807, 2.05) is 0 Å². The molecule has 0 N–H and O–H groups in total. The van der Waals surface area contributed by atoms with Crippen LogP contribution >= 0.6 is 0 Å². The molecule has 0 saturated carbocycles. The van der Waals surface area contributed by atoms with Gasteiger partial charge in [0.05, 0.1) is 0 Å². The fraction of sp³-hybridized carbons (Fsp3) is 0.500. The van der Waals surface area contributed by atoms with Gasteiger partial charge in [-0.2, -0.15) is 0 Å². The summed E-state index contributed by atoms with van der Waals surface area (Å²) >= 11 is 0.